The van der Waals surface area contributed by atoms with Gasteiger partial charge in [0.15, 0.2) is 0 Å². The second-order valence-corrected chi connectivity index (χ2v) is 11.1. The Morgan fingerprint density at radius 1 is 0.619 bits per heavy atom. The summed E-state index contributed by atoms with van der Waals surface area (Å²) < 4.78 is 47.7. The minimum atomic E-state index is -3.43. The van der Waals surface area contributed by atoms with E-state index in [1.54, 1.807) is 0 Å². The molecule has 123 valence electrons. The van der Waals surface area contributed by atoms with E-state index in [1.165, 1.54) is 48.4 Å². The Hall–Kier alpha value is 0.248. The molecule has 0 heterocycles. The van der Waals surface area contributed by atoms with E-state index in [2.05, 4.69) is 6.58 Å². The summed E-state index contributed by atoms with van der Waals surface area (Å²) in [6.45, 7) is 3.70. The molecule has 0 atom stereocenters. The summed E-state index contributed by atoms with van der Waals surface area (Å²) in [4.78, 5) is 0. The van der Waals surface area contributed by atoms with Gasteiger partial charge >= 0.3 is 37.4 Å². The molecule has 0 aliphatic heterocycles. The van der Waals surface area contributed by atoms with Gasteiger partial charge in [-0.15, -0.1) is 6.58 Å². The first kappa shape index (κ1) is 21.2. The van der Waals surface area contributed by atoms with E-state index in [4.69, 9.17) is 38.9 Å². The van der Waals surface area contributed by atoms with Crippen molar-refractivity contribution >= 4 is 37.4 Å². The molecule has 9 nitrogen and oxygen atoms in total. The first-order valence-electron chi connectivity index (χ1n) is 5.60. The maximum Gasteiger partial charge on any atom is 0.569 e. The quantitative estimate of drug-likeness (QED) is 0.398. The fourth-order valence-electron chi connectivity index (χ4n) is 1.04. The Morgan fingerprint density at radius 2 is 0.857 bits per heavy atom. The van der Waals surface area contributed by atoms with Crippen molar-refractivity contribution in [2.45, 2.75) is 0 Å². The molecule has 0 bridgehead atoms. The first-order chi connectivity index (χ1) is 10.0. The zero-order valence-corrected chi connectivity index (χ0v) is 17.0. The van der Waals surface area contributed by atoms with Crippen LogP contribution in [0.25, 0.3) is 0 Å². The van der Waals surface area contributed by atoms with Crippen molar-refractivity contribution in [3.05, 3.63) is 12.3 Å². The highest BCUT2D eigenvalue weighted by Crippen LogP contribution is 2.17. The van der Waals surface area contributed by atoms with Crippen molar-refractivity contribution in [2.24, 2.45) is 0 Å². The molecular weight excluding hydrogens is 352 g/mol. The summed E-state index contributed by atoms with van der Waals surface area (Å²) in [5.74, 6) is 0. The number of hydrogen-bond donors (Lipinski definition) is 0. The predicted molar refractivity (Wildman–Crippen MR) is 78.5 cm³/mol. The SMILES string of the molecule is C=C[Si](O[Si](OC)OC)(O[Si](OC)OC)O[Si](OC)OC. The molecule has 0 fully saturated rings. The molecule has 0 spiro atoms. The Kier molecular flexibility index (Phi) is 11.9. The van der Waals surface area contributed by atoms with Gasteiger partial charge in [-0.3, -0.25) is 0 Å². The maximum absolute atomic E-state index is 5.72. The topological polar surface area (TPSA) is 83.1 Å². The van der Waals surface area contributed by atoms with Gasteiger partial charge < -0.3 is 38.9 Å². The molecule has 0 rings (SSSR count). The van der Waals surface area contributed by atoms with Crippen molar-refractivity contribution in [3.63, 3.8) is 0 Å². The minimum Gasteiger partial charge on any atom is -0.375 e. The fraction of sp³-hybridized carbons (Fsp3) is 0.750. The molecule has 0 saturated heterocycles. The average molecular weight is 374 g/mol. The van der Waals surface area contributed by atoms with Crippen molar-refractivity contribution < 1.29 is 38.9 Å². The Labute approximate surface area is 131 Å². The van der Waals surface area contributed by atoms with E-state index in [9.17, 15) is 0 Å². The molecule has 21 heavy (non-hydrogen) atoms. The molecule has 3 radical (unpaired) electrons. The molecule has 0 N–H and O–H groups in total. The minimum absolute atomic E-state index is 1.42. The van der Waals surface area contributed by atoms with Gasteiger partial charge in [-0.25, -0.2) is 0 Å². The highest BCUT2D eigenvalue weighted by Gasteiger charge is 2.49. The van der Waals surface area contributed by atoms with E-state index in [1.807, 2.05) is 0 Å². The van der Waals surface area contributed by atoms with Gasteiger partial charge in [0, 0.05) is 42.7 Å². The van der Waals surface area contributed by atoms with Crippen molar-refractivity contribution in [1.82, 2.24) is 0 Å². The highest BCUT2D eigenvalue weighted by molar-refractivity contribution is 6.79. The molecule has 13 heteroatoms. The lowest BCUT2D eigenvalue weighted by Crippen LogP contribution is -2.56. The van der Waals surface area contributed by atoms with Gasteiger partial charge in [-0.05, 0) is 5.70 Å². The fourth-order valence-corrected chi connectivity index (χ4v) is 8.95. The second-order valence-electron chi connectivity index (χ2n) is 3.09. The molecule has 0 saturated carbocycles. The smallest absolute Gasteiger partial charge is 0.375 e. The van der Waals surface area contributed by atoms with E-state index in [-0.39, 0.29) is 0 Å². The van der Waals surface area contributed by atoms with E-state index in [0.29, 0.717) is 0 Å². The first-order valence-corrected chi connectivity index (χ1v) is 11.1. The molecule has 0 aromatic carbocycles. The van der Waals surface area contributed by atoms with E-state index in [0.717, 1.165) is 0 Å². The van der Waals surface area contributed by atoms with E-state index < -0.39 is 37.4 Å². The van der Waals surface area contributed by atoms with Gasteiger partial charge in [0.1, 0.15) is 0 Å². The Bertz CT molecular complexity index is 236. The van der Waals surface area contributed by atoms with Crippen molar-refractivity contribution in [2.75, 3.05) is 42.7 Å². The lowest BCUT2D eigenvalue weighted by atomic mass is 11.3. The molecule has 0 amide bonds. The third-order valence-corrected chi connectivity index (χ3v) is 9.84. The average Bonchev–Trinajstić information content (AvgIpc) is 2.54. The van der Waals surface area contributed by atoms with Crippen molar-refractivity contribution in [3.8, 4) is 0 Å². The van der Waals surface area contributed by atoms with Crippen LogP contribution >= 0.6 is 0 Å². The maximum atomic E-state index is 5.72. The van der Waals surface area contributed by atoms with Gasteiger partial charge in [-0.1, -0.05) is 0 Å². The summed E-state index contributed by atoms with van der Waals surface area (Å²) >= 11 is 0. The monoisotopic (exact) mass is 373 g/mol. The molecule has 0 aliphatic rings. The molecule has 0 aromatic rings. The molecular formula is C8H21O9Si4. The largest absolute Gasteiger partial charge is 0.569 e. The van der Waals surface area contributed by atoms with Crippen LogP contribution in [0.3, 0.4) is 0 Å². The standard InChI is InChI=1S/C8H21O9Si4/c1-8-21(15-18(9-2)10-3,16-19(11-4)12-5)17-20(13-6)14-7/h8H,1H2,2-7H3. The van der Waals surface area contributed by atoms with Crippen LogP contribution in [0.5, 0.6) is 0 Å². The van der Waals surface area contributed by atoms with Crippen LogP contribution in [0.15, 0.2) is 12.3 Å². The normalized spacial score (nSPS) is 12.6. The third kappa shape index (κ3) is 7.37. The second kappa shape index (κ2) is 11.8. The molecule has 0 unspecified atom stereocenters. The summed E-state index contributed by atoms with van der Waals surface area (Å²) in [6.07, 6.45) is 0. The summed E-state index contributed by atoms with van der Waals surface area (Å²) in [6, 6.07) is 0. The zero-order chi connectivity index (χ0) is 16.3. The van der Waals surface area contributed by atoms with Crippen LogP contribution in [0, 0.1) is 0 Å². The Balaban J connectivity index is 5.19. The summed E-state index contributed by atoms with van der Waals surface area (Å²) in [7, 11) is -0.892. The van der Waals surface area contributed by atoms with Crippen LogP contribution in [-0.2, 0) is 38.9 Å². The van der Waals surface area contributed by atoms with Crippen molar-refractivity contribution in [1.29, 1.82) is 0 Å². The third-order valence-electron chi connectivity index (χ3n) is 1.93. The van der Waals surface area contributed by atoms with Crippen LogP contribution in [0.4, 0.5) is 0 Å². The lowest BCUT2D eigenvalue weighted by Gasteiger charge is -2.30. The van der Waals surface area contributed by atoms with Crippen LogP contribution < -0.4 is 0 Å². The van der Waals surface area contributed by atoms with Gasteiger partial charge in [-0.2, -0.15) is 0 Å². The van der Waals surface area contributed by atoms with Crippen LogP contribution in [0.2, 0.25) is 0 Å². The highest BCUT2D eigenvalue weighted by atomic mass is 28.5. The number of hydrogen-bond acceptors (Lipinski definition) is 9. The number of rotatable bonds is 13. The van der Waals surface area contributed by atoms with Crippen LogP contribution in [0.1, 0.15) is 0 Å². The molecule has 0 aromatic heterocycles. The summed E-state index contributed by atoms with van der Waals surface area (Å²) in [5.41, 5.74) is 1.42. The predicted octanol–water partition coefficient (Wildman–Crippen LogP) is -0.467. The van der Waals surface area contributed by atoms with Gasteiger partial charge in [0.05, 0.1) is 0 Å². The Morgan fingerprint density at radius 3 is 1.00 bits per heavy atom. The van der Waals surface area contributed by atoms with E-state index >= 15 is 0 Å². The van der Waals surface area contributed by atoms with Gasteiger partial charge in [0.25, 0.3) is 0 Å². The lowest BCUT2D eigenvalue weighted by molar-refractivity contribution is 0.103. The molecule has 0 aliphatic carbocycles. The van der Waals surface area contributed by atoms with Crippen LogP contribution in [-0.4, -0.2) is 80.0 Å². The van der Waals surface area contributed by atoms with Gasteiger partial charge in [0.2, 0.25) is 0 Å². The summed E-state index contributed by atoms with van der Waals surface area (Å²) in [5, 5.41) is 0. The zero-order valence-electron chi connectivity index (χ0n) is 13.0.